The molecule has 2 nitrogen and oxygen atoms in total. The van der Waals surface area contributed by atoms with Gasteiger partial charge in [0.15, 0.2) is 6.61 Å². The van der Waals surface area contributed by atoms with E-state index in [1.54, 1.807) is 25.2 Å². The molecule has 0 amide bonds. The fourth-order valence-corrected chi connectivity index (χ4v) is 0.959. The molecule has 0 saturated carbocycles. The van der Waals surface area contributed by atoms with Crippen molar-refractivity contribution in [3.8, 4) is 5.75 Å². The molecule has 86 valence electrons. The van der Waals surface area contributed by atoms with E-state index in [0.29, 0.717) is 5.69 Å². The van der Waals surface area contributed by atoms with E-state index in [1.165, 1.54) is 6.07 Å². The Hall–Kier alpha value is -1.10. The number of benzene rings is 1. The van der Waals surface area contributed by atoms with Crippen molar-refractivity contribution in [3.63, 3.8) is 0 Å². The second-order valence-corrected chi connectivity index (χ2v) is 2.65. The maximum atomic E-state index is 11.8. The smallest absolute Gasteiger partial charge is 0.422 e. The third-order valence-electron chi connectivity index (χ3n) is 1.55. The summed E-state index contributed by atoms with van der Waals surface area (Å²) in [6, 6.07) is 6.46. The Morgan fingerprint density at radius 2 is 1.87 bits per heavy atom. The lowest BCUT2D eigenvalue weighted by atomic mass is 10.3. The molecule has 1 rings (SSSR count). The first-order chi connectivity index (χ1) is 6.53. The molecule has 0 aliphatic heterocycles. The Balaban J connectivity index is 0.00000196. The third kappa shape index (κ3) is 4.78. The molecule has 6 heteroatoms. The van der Waals surface area contributed by atoms with Crippen LogP contribution in [0.3, 0.4) is 0 Å². The molecule has 0 aliphatic carbocycles. The Kier molecular flexibility index (Phi) is 5.28. The molecule has 0 radical (unpaired) electrons. The topological polar surface area (TPSA) is 21.3 Å². The highest BCUT2D eigenvalue weighted by Crippen LogP contribution is 2.25. The normalized spacial score (nSPS) is 10.4. The Bertz CT molecular complexity index is 304. The lowest BCUT2D eigenvalue weighted by Crippen LogP contribution is -2.19. The minimum Gasteiger partial charge on any atom is -0.482 e. The summed E-state index contributed by atoms with van der Waals surface area (Å²) in [4.78, 5) is 0. The lowest BCUT2D eigenvalue weighted by molar-refractivity contribution is -0.153. The number of para-hydroxylation sites is 2. The zero-order chi connectivity index (χ0) is 10.6. The van der Waals surface area contributed by atoms with Crippen LogP contribution in [0.5, 0.6) is 5.75 Å². The summed E-state index contributed by atoms with van der Waals surface area (Å²) in [5.74, 6) is 0.201. The van der Waals surface area contributed by atoms with Gasteiger partial charge in [-0.1, -0.05) is 12.1 Å². The van der Waals surface area contributed by atoms with Crippen LogP contribution in [0, 0.1) is 0 Å². The second kappa shape index (κ2) is 5.70. The molecule has 0 aromatic heterocycles. The average Bonchev–Trinajstić information content (AvgIpc) is 2.14. The number of halogens is 4. The SMILES string of the molecule is CNc1ccccc1OCC(F)(F)F.Cl. The first-order valence-electron chi connectivity index (χ1n) is 3.99. The molecule has 0 bridgehead atoms. The summed E-state index contributed by atoms with van der Waals surface area (Å²) in [6.45, 7) is -1.27. The fraction of sp³-hybridized carbons (Fsp3) is 0.333. The predicted octanol–water partition coefficient (Wildman–Crippen LogP) is 3.09. The Labute approximate surface area is 91.8 Å². The van der Waals surface area contributed by atoms with Crippen molar-refractivity contribution in [2.45, 2.75) is 6.18 Å². The van der Waals surface area contributed by atoms with Crippen LogP contribution in [-0.4, -0.2) is 19.8 Å². The number of nitrogens with one attached hydrogen (secondary N) is 1. The molecule has 0 heterocycles. The van der Waals surface area contributed by atoms with Crippen LogP contribution in [0.4, 0.5) is 18.9 Å². The van der Waals surface area contributed by atoms with E-state index in [9.17, 15) is 13.2 Å². The molecule has 1 aromatic rings. The zero-order valence-electron chi connectivity index (χ0n) is 7.97. The highest BCUT2D eigenvalue weighted by molar-refractivity contribution is 5.85. The van der Waals surface area contributed by atoms with Crippen molar-refractivity contribution in [2.24, 2.45) is 0 Å². The van der Waals surface area contributed by atoms with Crippen LogP contribution in [0.15, 0.2) is 24.3 Å². The van der Waals surface area contributed by atoms with Crippen LogP contribution in [0.1, 0.15) is 0 Å². The number of hydrogen-bond donors (Lipinski definition) is 1. The van der Waals surface area contributed by atoms with Gasteiger partial charge in [0.25, 0.3) is 0 Å². The number of alkyl halides is 3. The van der Waals surface area contributed by atoms with Crippen molar-refractivity contribution < 1.29 is 17.9 Å². The van der Waals surface area contributed by atoms with E-state index in [4.69, 9.17) is 0 Å². The van der Waals surface area contributed by atoms with E-state index in [0.717, 1.165) is 0 Å². The van der Waals surface area contributed by atoms with Gasteiger partial charge in [0, 0.05) is 7.05 Å². The third-order valence-corrected chi connectivity index (χ3v) is 1.55. The Morgan fingerprint density at radius 1 is 1.27 bits per heavy atom. The summed E-state index contributed by atoms with van der Waals surface area (Å²) in [6.07, 6.45) is -4.30. The van der Waals surface area contributed by atoms with E-state index >= 15 is 0 Å². The van der Waals surface area contributed by atoms with Gasteiger partial charge in [0.1, 0.15) is 5.75 Å². The van der Waals surface area contributed by atoms with Crippen molar-refractivity contribution in [2.75, 3.05) is 19.0 Å². The zero-order valence-corrected chi connectivity index (χ0v) is 8.78. The van der Waals surface area contributed by atoms with Crippen LogP contribution >= 0.6 is 12.4 Å². The fourth-order valence-electron chi connectivity index (χ4n) is 0.959. The van der Waals surface area contributed by atoms with E-state index in [2.05, 4.69) is 10.1 Å². The molecule has 1 N–H and O–H groups in total. The van der Waals surface area contributed by atoms with Gasteiger partial charge in [-0.15, -0.1) is 12.4 Å². The van der Waals surface area contributed by atoms with Crippen molar-refractivity contribution in [3.05, 3.63) is 24.3 Å². The van der Waals surface area contributed by atoms with Gasteiger partial charge in [-0.3, -0.25) is 0 Å². The van der Waals surface area contributed by atoms with Gasteiger partial charge in [0.2, 0.25) is 0 Å². The number of anilines is 1. The molecule has 15 heavy (non-hydrogen) atoms. The molecule has 0 fully saturated rings. The van der Waals surface area contributed by atoms with Gasteiger partial charge in [-0.2, -0.15) is 13.2 Å². The summed E-state index contributed by atoms with van der Waals surface area (Å²) in [7, 11) is 1.62. The average molecular weight is 242 g/mol. The quantitative estimate of drug-likeness (QED) is 0.878. The number of ether oxygens (including phenoxy) is 1. The van der Waals surface area contributed by atoms with Crippen molar-refractivity contribution >= 4 is 18.1 Å². The minimum atomic E-state index is -4.30. The molecular weight excluding hydrogens is 231 g/mol. The van der Waals surface area contributed by atoms with Gasteiger partial charge in [0.05, 0.1) is 5.69 Å². The van der Waals surface area contributed by atoms with Crippen LogP contribution < -0.4 is 10.1 Å². The van der Waals surface area contributed by atoms with Gasteiger partial charge in [-0.05, 0) is 12.1 Å². The summed E-state index contributed by atoms with van der Waals surface area (Å²) < 4.78 is 40.1. The Morgan fingerprint density at radius 3 is 2.40 bits per heavy atom. The van der Waals surface area contributed by atoms with Crippen LogP contribution in [0.2, 0.25) is 0 Å². The number of hydrogen-bond acceptors (Lipinski definition) is 2. The number of rotatable bonds is 3. The predicted molar refractivity (Wildman–Crippen MR) is 54.8 cm³/mol. The molecule has 1 aromatic carbocycles. The molecule has 0 atom stereocenters. The highest BCUT2D eigenvalue weighted by atomic mass is 35.5. The standard InChI is InChI=1S/C9H10F3NO.ClH/c1-13-7-4-2-3-5-8(7)14-6-9(10,11)12;/h2-5,13H,6H2,1H3;1H. The molecule has 0 saturated heterocycles. The summed E-state index contributed by atoms with van der Waals surface area (Å²) in [5.41, 5.74) is 0.539. The molecule has 0 unspecified atom stereocenters. The van der Waals surface area contributed by atoms with Crippen LogP contribution in [0.25, 0.3) is 0 Å². The van der Waals surface area contributed by atoms with Crippen molar-refractivity contribution in [1.82, 2.24) is 0 Å². The van der Waals surface area contributed by atoms with Crippen LogP contribution in [-0.2, 0) is 0 Å². The molecular formula is C9H11ClF3NO. The van der Waals surface area contributed by atoms with Crippen molar-refractivity contribution in [1.29, 1.82) is 0 Å². The van der Waals surface area contributed by atoms with Gasteiger partial charge < -0.3 is 10.1 Å². The van der Waals surface area contributed by atoms with Gasteiger partial charge in [-0.25, -0.2) is 0 Å². The molecule has 0 spiro atoms. The van der Waals surface area contributed by atoms with E-state index in [1.807, 2.05) is 0 Å². The summed E-state index contributed by atoms with van der Waals surface area (Å²) >= 11 is 0. The molecule has 0 aliphatic rings. The minimum absolute atomic E-state index is 0. The monoisotopic (exact) mass is 241 g/mol. The first kappa shape index (κ1) is 13.9. The van der Waals surface area contributed by atoms with Gasteiger partial charge >= 0.3 is 6.18 Å². The lowest BCUT2D eigenvalue weighted by Gasteiger charge is -2.12. The van der Waals surface area contributed by atoms with E-state index in [-0.39, 0.29) is 18.2 Å². The maximum Gasteiger partial charge on any atom is 0.422 e. The largest absolute Gasteiger partial charge is 0.482 e. The maximum absolute atomic E-state index is 11.8. The van der Waals surface area contributed by atoms with E-state index < -0.39 is 12.8 Å². The summed E-state index contributed by atoms with van der Waals surface area (Å²) in [5, 5.41) is 2.74. The first-order valence-corrected chi connectivity index (χ1v) is 3.99. The highest BCUT2D eigenvalue weighted by Gasteiger charge is 2.28. The second-order valence-electron chi connectivity index (χ2n) is 2.65.